The molecule has 1 aromatic heterocycles. The molecule has 0 aliphatic heterocycles. The summed E-state index contributed by atoms with van der Waals surface area (Å²) in [5, 5.41) is 0. The molecule has 1 nitrogen and oxygen atoms in total. The standard InChI is InChI=1S/C14H21N.CH4/c1-10(2)13-11(3)8-9-15-14(13)12-6-4-5-7-12;/h8-10,12H,4-7H2,1-3H3;1H4. The number of rotatable bonds is 2. The summed E-state index contributed by atoms with van der Waals surface area (Å²) >= 11 is 0. The minimum absolute atomic E-state index is 0. The van der Waals surface area contributed by atoms with Gasteiger partial charge in [-0.3, -0.25) is 4.98 Å². The molecule has 0 spiro atoms. The molecule has 1 aromatic rings. The lowest BCUT2D eigenvalue weighted by atomic mass is 9.89. The first kappa shape index (κ1) is 13.2. The van der Waals surface area contributed by atoms with Crippen LogP contribution in [0.15, 0.2) is 12.3 Å². The Morgan fingerprint density at radius 2 is 1.88 bits per heavy atom. The highest BCUT2D eigenvalue weighted by atomic mass is 14.7. The molecule has 0 aromatic carbocycles. The number of nitrogens with zero attached hydrogens (tertiary/aromatic N) is 1. The van der Waals surface area contributed by atoms with Crippen molar-refractivity contribution in [3.63, 3.8) is 0 Å². The van der Waals surface area contributed by atoms with E-state index < -0.39 is 0 Å². The highest BCUT2D eigenvalue weighted by Gasteiger charge is 2.22. The van der Waals surface area contributed by atoms with Crippen molar-refractivity contribution in [3.8, 4) is 0 Å². The predicted octanol–water partition coefficient (Wildman–Crippen LogP) is 4.81. The summed E-state index contributed by atoms with van der Waals surface area (Å²) in [5.41, 5.74) is 4.31. The van der Waals surface area contributed by atoms with Crippen molar-refractivity contribution in [1.29, 1.82) is 0 Å². The number of pyridine rings is 1. The zero-order valence-electron chi connectivity index (χ0n) is 10.1. The summed E-state index contributed by atoms with van der Waals surface area (Å²) in [6.45, 7) is 6.78. The van der Waals surface area contributed by atoms with Crippen molar-refractivity contribution >= 4 is 0 Å². The van der Waals surface area contributed by atoms with Gasteiger partial charge in [-0.15, -0.1) is 0 Å². The van der Waals surface area contributed by atoms with Gasteiger partial charge in [-0.2, -0.15) is 0 Å². The van der Waals surface area contributed by atoms with Crippen LogP contribution in [0.1, 0.15) is 75.6 Å². The largest absolute Gasteiger partial charge is 0.261 e. The van der Waals surface area contributed by atoms with E-state index in [9.17, 15) is 0 Å². The Kier molecular flexibility index (Phi) is 4.52. The lowest BCUT2D eigenvalue weighted by Gasteiger charge is -2.18. The van der Waals surface area contributed by atoms with Crippen LogP contribution in [-0.2, 0) is 0 Å². The molecule has 1 fully saturated rings. The first-order valence-corrected chi connectivity index (χ1v) is 6.15. The fourth-order valence-corrected chi connectivity index (χ4v) is 2.87. The summed E-state index contributed by atoms with van der Waals surface area (Å²) in [5.74, 6) is 1.34. The molecule has 1 heterocycles. The molecule has 90 valence electrons. The van der Waals surface area contributed by atoms with E-state index in [1.807, 2.05) is 6.20 Å². The minimum atomic E-state index is 0. The van der Waals surface area contributed by atoms with Gasteiger partial charge in [0.2, 0.25) is 0 Å². The predicted molar refractivity (Wildman–Crippen MR) is 71.0 cm³/mol. The lowest BCUT2D eigenvalue weighted by Crippen LogP contribution is -2.06. The maximum absolute atomic E-state index is 4.64. The third kappa shape index (κ3) is 2.45. The summed E-state index contributed by atoms with van der Waals surface area (Å²) < 4.78 is 0. The van der Waals surface area contributed by atoms with Crippen molar-refractivity contribution in [2.45, 2.75) is 65.7 Å². The molecule has 0 saturated heterocycles. The number of hydrogen-bond acceptors (Lipinski definition) is 1. The van der Waals surface area contributed by atoms with Crippen LogP contribution in [0, 0.1) is 6.92 Å². The second-order valence-electron chi connectivity index (χ2n) is 5.06. The molecule has 1 saturated carbocycles. The zero-order valence-corrected chi connectivity index (χ0v) is 10.1. The van der Waals surface area contributed by atoms with Crippen LogP contribution < -0.4 is 0 Å². The zero-order chi connectivity index (χ0) is 10.8. The first-order chi connectivity index (χ1) is 7.20. The van der Waals surface area contributed by atoms with E-state index in [0.29, 0.717) is 5.92 Å². The molecule has 0 bridgehead atoms. The maximum atomic E-state index is 4.64. The van der Waals surface area contributed by atoms with Crippen LogP contribution in [0.5, 0.6) is 0 Å². The van der Waals surface area contributed by atoms with Gasteiger partial charge >= 0.3 is 0 Å². The molecule has 1 aliphatic carbocycles. The molecule has 0 amide bonds. The van der Waals surface area contributed by atoms with E-state index >= 15 is 0 Å². The van der Waals surface area contributed by atoms with Crippen LogP contribution in [0.25, 0.3) is 0 Å². The van der Waals surface area contributed by atoms with Gasteiger partial charge in [-0.1, -0.05) is 34.1 Å². The summed E-state index contributed by atoms with van der Waals surface area (Å²) in [6, 6.07) is 2.15. The van der Waals surface area contributed by atoms with Gasteiger partial charge in [0.25, 0.3) is 0 Å². The van der Waals surface area contributed by atoms with E-state index in [1.165, 1.54) is 42.5 Å². The van der Waals surface area contributed by atoms with Crippen molar-refractivity contribution in [1.82, 2.24) is 4.98 Å². The Balaban J connectivity index is 0.00000128. The average molecular weight is 219 g/mol. The molecule has 2 rings (SSSR count). The highest BCUT2D eigenvalue weighted by Crippen LogP contribution is 2.37. The van der Waals surface area contributed by atoms with E-state index in [2.05, 4.69) is 31.8 Å². The van der Waals surface area contributed by atoms with Crippen molar-refractivity contribution in [2.75, 3.05) is 0 Å². The minimum Gasteiger partial charge on any atom is -0.261 e. The molecule has 16 heavy (non-hydrogen) atoms. The Morgan fingerprint density at radius 3 is 2.44 bits per heavy atom. The van der Waals surface area contributed by atoms with E-state index in [4.69, 9.17) is 0 Å². The smallest absolute Gasteiger partial charge is 0.0471 e. The van der Waals surface area contributed by atoms with Crippen molar-refractivity contribution in [2.24, 2.45) is 0 Å². The topological polar surface area (TPSA) is 12.9 Å². The Hall–Kier alpha value is -0.850. The SMILES string of the molecule is C.Cc1ccnc(C2CCCC2)c1C(C)C. The fourth-order valence-electron chi connectivity index (χ4n) is 2.87. The Morgan fingerprint density at radius 1 is 1.25 bits per heavy atom. The van der Waals surface area contributed by atoms with Gasteiger partial charge in [-0.25, -0.2) is 0 Å². The van der Waals surface area contributed by atoms with Crippen LogP contribution in [-0.4, -0.2) is 4.98 Å². The van der Waals surface area contributed by atoms with Gasteiger partial charge in [0, 0.05) is 17.8 Å². The molecule has 0 atom stereocenters. The van der Waals surface area contributed by atoms with Crippen LogP contribution in [0.3, 0.4) is 0 Å². The number of aromatic nitrogens is 1. The van der Waals surface area contributed by atoms with Crippen LogP contribution >= 0.6 is 0 Å². The quantitative estimate of drug-likeness (QED) is 0.695. The van der Waals surface area contributed by atoms with Gasteiger partial charge in [-0.05, 0) is 42.9 Å². The second kappa shape index (κ2) is 5.47. The number of aryl methyl sites for hydroxylation is 1. The van der Waals surface area contributed by atoms with Crippen molar-refractivity contribution < 1.29 is 0 Å². The normalized spacial score (nSPS) is 16.5. The Bertz CT molecular complexity index is 335. The van der Waals surface area contributed by atoms with E-state index in [1.54, 1.807) is 0 Å². The summed E-state index contributed by atoms with van der Waals surface area (Å²) in [6.07, 6.45) is 7.44. The third-order valence-corrected chi connectivity index (χ3v) is 3.56. The molecule has 1 aliphatic rings. The van der Waals surface area contributed by atoms with Crippen LogP contribution in [0.2, 0.25) is 0 Å². The lowest BCUT2D eigenvalue weighted by molar-refractivity contribution is 0.669. The monoisotopic (exact) mass is 219 g/mol. The van der Waals surface area contributed by atoms with Crippen LogP contribution in [0.4, 0.5) is 0 Å². The molecule has 0 unspecified atom stereocenters. The second-order valence-corrected chi connectivity index (χ2v) is 5.06. The molecular weight excluding hydrogens is 194 g/mol. The van der Waals surface area contributed by atoms with Gasteiger partial charge in [0.15, 0.2) is 0 Å². The number of hydrogen-bond donors (Lipinski definition) is 0. The van der Waals surface area contributed by atoms with Gasteiger partial charge in [0.05, 0.1) is 0 Å². The first-order valence-electron chi connectivity index (χ1n) is 6.15. The van der Waals surface area contributed by atoms with Gasteiger partial charge in [0.1, 0.15) is 0 Å². The molecule has 1 heteroatoms. The highest BCUT2D eigenvalue weighted by molar-refractivity contribution is 5.34. The van der Waals surface area contributed by atoms with E-state index in [-0.39, 0.29) is 7.43 Å². The maximum Gasteiger partial charge on any atom is 0.0471 e. The third-order valence-electron chi connectivity index (χ3n) is 3.56. The van der Waals surface area contributed by atoms with Gasteiger partial charge < -0.3 is 0 Å². The van der Waals surface area contributed by atoms with E-state index in [0.717, 1.165) is 5.92 Å². The summed E-state index contributed by atoms with van der Waals surface area (Å²) in [7, 11) is 0. The summed E-state index contributed by atoms with van der Waals surface area (Å²) in [4.78, 5) is 4.64. The fraction of sp³-hybridized carbons (Fsp3) is 0.667. The Labute approximate surface area is 100 Å². The van der Waals surface area contributed by atoms with Crippen molar-refractivity contribution in [3.05, 3.63) is 29.1 Å². The molecule has 0 radical (unpaired) electrons. The molecule has 0 N–H and O–H groups in total. The molecular formula is C15H25N. The average Bonchev–Trinajstić information content (AvgIpc) is 2.69.